The molecule has 0 bridgehead atoms. The number of rotatable bonds is 5. The number of aryl methyl sites for hydroxylation is 2. The standard InChI is InChI=1S/C21H27N3O2/c1-3-19-21(14(2)23-26-19)18-6-4-5-17(22-18)16-9-11-24(12-10-16)20(25)13-15-7-8-15/h4-6,15-16H,3,7-13H2,1-2H3. The van der Waals surface area contributed by atoms with Crippen LogP contribution < -0.4 is 0 Å². The van der Waals surface area contributed by atoms with E-state index < -0.39 is 0 Å². The van der Waals surface area contributed by atoms with Gasteiger partial charge in [-0.1, -0.05) is 18.1 Å². The maximum absolute atomic E-state index is 12.3. The molecule has 1 aliphatic carbocycles. The highest BCUT2D eigenvalue weighted by Crippen LogP contribution is 2.35. The van der Waals surface area contributed by atoms with Gasteiger partial charge in [0.2, 0.25) is 5.91 Å². The average Bonchev–Trinajstić information content (AvgIpc) is 3.41. The Labute approximate surface area is 154 Å². The van der Waals surface area contributed by atoms with Crippen LogP contribution in [0.4, 0.5) is 0 Å². The van der Waals surface area contributed by atoms with E-state index in [0.717, 1.165) is 67.2 Å². The Bertz CT molecular complexity index is 786. The van der Waals surface area contributed by atoms with Crippen LogP contribution in [-0.2, 0) is 11.2 Å². The number of pyridine rings is 1. The summed E-state index contributed by atoms with van der Waals surface area (Å²) in [6.07, 6.45) is 6.03. The molecule has 0 spiro atoms. The van der Waals surface area contributed by atoms with Crippen LogP contribution in [0.5, 0.6) is 0 Å². The SMILES string of the molecule is CCc1onc(C)c1-c1cccc(C2CCN(C(=O)CC3CC3)CC2)n1. The lowest BCUT2D eigenvalue weighted by molar-refractivity contribution is -0.132. The highest BCUT2D eigenvalue weighted by molar-refractivity contribution is 5.76. The van der Waals surface area contributed by atoms with Gasteiger partial charge in [0, 0.05) is 37.5 Å². The highest BCUT2D eigenvalue weighted by Gasteiger charge is 2.30. The zero-order chi connectivity index (χ0) is 18.1. The minimum Gasteiger partial charge on any atom is -0.360 e. The predicted molar refractivity (Wildman–Crippen MR) is 99.7 cm³/mol. The van der Waals surface area contributed by atoms with Gasteiger partial charge < -0.3 is 9.42 Å². The van der Waals surface area contributed by atoms with Crippen LogP contribution in [0.1, 0.15) is 62.1 Å². The predicted octanol–water partition coefficient (Wildman–Crippen LogP) is 4.11. The molecule has 138 valence electrons. The van der Waals surface area contributed by atoms with Crippen molar-refractivity contribution in [3.63, 3.8) is 0 Å². The van der Waals surface area contributed by atoms with Gasteiger partial charge in [-0.25, -0.2) is 0 Å². The molecule has 5 heteroatoms. The number of piperidine rings is 1. The number of nitrogens with zero attached hydrogens (tertiary/aromatic N) is 3. The molecule has 5 nitrogen and oxygen atoms in total. The first-order valence-corrected chi connectivity index (χ1v) is 9.86. The molecule has 2 fully saturated rings. The average molecular weight is 353 g/mol. The first kappa shape index (κ1) is 17.3. The Kier molecular flexibility index (Phi) is 4.79. The number of hydrogen-bond acceptors (Lipinski definition) is 4. The van der Waals surface area contributed by atoms with Crippen LogP contribution >= 0.6 is 0 Å². The number of likely N-dealkylation sites (tertiary alicyclic amines) is 1. The molecule has 26 heavy (non-hydrogen) atoms. The number of hydrogen-bond donors (Lipinski definition) is 0. The third kappa shape index (κ3) is 3.53. The summed E-state index contributed by atoms with van der Waals surface area (Å²) in [5.74, 6) is 2.33. The van der Waals surface area contributed by atoms with Gasteiger partial charge in [0.15, 0.2) is 0 Å². The first-order valence-electron chi connectivity index (χ1n) is 9.86. The molecule has 2 aromatic rings. The van der Waals surface area contributed by atoms with Crippen molar-refractivity contribution in [3.8, 4) is 11.3 Å². The first-order chi connectivity index (χ1) is 12.7. The molecule has 3 heterocycles. The van der Waals surface area contributed by atoms with E-state index in [9.17, 15) is 4.79 Å². The minimum absolute atomic E-state index is 0.348. The fourth-order valence-electron chi connectivity index (χ4n) is 3.93. The fourth-order valence-corrected chi connectivity index (χ4v) is 3.93. The second-order valence-electron chi connectivity index (χ2n) is 7.67. The normalized spacial score (nSPS) is 18.3. The largest absolute Gasteiger partial charge is 0.360 e. The Balaban J connectivity index is 1.46. The molecule has 2 aromatic heterocycles. The van der Waals surface area contributed by atoms with Crippen molar-refractivity contribution >= 4 is 5.91 Å². The van der Waals surface area contributed by atoms with Gasteiger partial charge in [0.05, 0.1) is 17.0 Å². The van der Waals surface area contributed by atoms with Crippen molar-refractivity contribution in [3.05, 3.63) is 35.3 Å². The molecular formula is C21H27N3O2. The molecule has 4 rings (SSSR count). The zero-order valence-corrected chi connectivity index (χ0v) is 15.7. The lowest BCUT2D eigenvalue weighted by atomic mass is 9.92. The smallest absolute Gasteiger partial charge is 0.222 e. The van der Waals surface area contributed by atoms with Gasteiger partial charge in [0.25, 0.3) is 0 Å². The number of carbonyl (C=O) groups excluding carboxylic acids is 1. The summed E-state index contributed by atoms with van der Waals surface area (Å²) in [6, 6.07) is 6.23. The van der Waals surface area contributed by atoms with E-state index in [4.69, 9.17) is 9.51 Å². The van der Waals surface area contributed by atoms with Crippen LogP contribution in [0.3, 0.4) is 0 Å². The fraction of sp³-hybridized carbons (Fsp3) is 0.571. The van der Waals surface area contributed by atoms with E-state index in [-0.39, 0.29) is 0 Å². The van der Waals surface area contributed by atoms with E-state index in [1.54, 1.807) is 0 Å². The van der Waals surface area contributed by atoms with Gasteiger partial charge >= 0.3 is 0 Å². The number of amides is 1. The zero-order valence-electron chi connectivity index (χ0n) is 15.7. The van der Waals surface area contributed by atoms with Crippen LogP contribution in [0, 0.1) is 12.8 Å². The minimum atomic E-state index is 0.348. The van der Waals surface area contributed by atoms with Crippen molar-refractivity contribution in [2.75, 3.05) is 13.1 Å². The third-order valence-corrected chi connectivity index (χ3v) is 5.71. The van der Waals surface area contributed by atoms with Crippen molar-refractivity contribution in [2.24, 2.45) is 5.92 Å². The Morgan fingerprint density at radius 1 is 1.23 bits per heavy atom. The third-order valence-electron chi connectivity index (χ3n) is 5.71. The second kappa shape index (κ2) is 7.22. The van der Waals surface area contributed by atoms with E-state index in [0.29, 0.717) is 17.7 Å². The lowest BCUT2D eigenvalue weighted by Crippen LogP contribution is -2.38. The highest BCUT2D eigenvalue weighted by atomic mass is 16.5. The summed E-state index contributed by atoms with van der Waals surface area (Å²) in [5, 5.41) is 4.10. The molecule has 0 unspecified atom stereocenters. The Morgan fingerprint density at radius 3 is 2.69 bits per heavy atom. The van der Waals surface area contributed by atoms with E-state index in [2.05, 4.69) is 29.1 Å². The van der Waals surface area contributed by atoms with Crippen LogP contribution in [0.15, 0.2) is 22.7 Å². The summed E-state index contributed by atoms with van der Waals surface area (Å²) in [4.78, 5) is 19.3. The second-order valence-corrected chi connectivity index (χ2v) is 7.67. The molecular weight excluding hydrogens is 326 g/mol. The maximum Gasteiger partial charge on any atom is 0.222 e. The van der Waals surface area contributed by atoms with Gasteiger partial charge in [-0.05, 0) is 50.7 Å². The summed E-state index contributed by atoms with van der Waals surface area (Å²) in [5.41, 5.74) is 4.00. The summed E-state index contributed by atoms with van der Waals surface area (Å²) < 4.78 is 5.43. The molecule has 0 N–H and O–H groups in total. The molecule has 1 aliphatic heterocycles. The van der Waals surface area contributed by atoms with E-state index >= 15 is 0 Å². The quantitative estimate of drug-likeness (QED) is 0.811. The summed E-state index contributed by atoms with van der Waals surface area (Å²) in [6.45, 7) is 5.75. The van der Waals surface area contributed by atoms with Gasteiger partial charge in [0.1, 0.15) is 5.76 Å². The molecule has 1 amide bonds. The Morgan fingerprint density at radius 2 is 2.00 bits per heavy atom. The van der Waals surface area contributed by atoms with Crippen LogP contribution in [0.25, 0.3) is 11.3 Å². The van der Waals surface area contributed by atoms with E-state index in [1.807, 2.05) is 13.0 Å². The van der Waals surface area contributed by atoms with Crippen molar-refractivity contribution in [1.82, 2.24) is 15.0 Å². The van der Waals surface area contributed by atoms with Crippen LogP contribution in [-0.4, -0.2) is 34.0 Å². The maximum atomic E-state index is 12.3. The lowest BCUT2D eigenvalue weighted by Gasteiger charge is -2.32. The molecule has 0 aromatic carbocycles. The molecule has 0 atom stereocenters. The molecule has 0 radical (unpaired) electrons. The van der Waals surface area contributed by atoms with Crippen molar-refractivity contribution in [2.45, 2.75) is 58.3 Å². The Hall–Kier alpha value is -2.17. The summed E-state index contributed by atoms with van der Waals surface area (Å²) >= 11 is 0. The monoisotopic (exact) mass is 353 g/mol. The van der Waals surface area contributed by atoms with Gasteiger partial charge in [-0.15, -0.1) is 0 Å². The van der Waals surface area contributed by atoms with Crippen LogP contribution in [0.2, 0.25) is 0 Å². The van der Waals surface area contributed by atoms with Crippen molar-refractivity contribution < 1.29 is 9.32 Å². The van der Waals surface area contributed by atoms with Gasteiger partial charge in [-0.3, -0.25) is 9.78 Å². The molecule has 1 saturated carbocycles. The summed E-state index contributed by atoms with van der Waals surface area (Å²) in [7, 11) is 0. The van der Waals surface area contributed by atoms with Crippen molar-refractivity contribution in [1.29, 1.82) is 0 Å². The molecule has 1 saturated heterocycles. The number of carbonyl (C=O) groups is 1. The van der Waals surface area contributed by atoms with E-state index in [1.165, 1.54) is 12.8 Å². The van der Waals surface area contributed by atoms with Gasteiger partial charge in [-0.2, -0.15) is 0 Å². The number of aromatic nitrogens is 2. The molecule has 2 aliphatic rings. The topological polar surface area (TPSA) is 59.2 Å².